The first-order valence-corrected chi connectivity index (χ1v) is 4.67. The normalized spacial score (nSPS) is 9.93. The highest BCUT2D eigenvalue weighted by Crippen LogP contribution is 2.33. The Balaban J connectivity index is 2.91. The summed E-state index contributed by atoms with van der Waals surface area (Å²) in [5, 5.41) is 8.38. The average Bonchev–Trinajstić information content (AvgIpc) is 2.01. The van der Waals surface area contributed by atoms with Crippen LogP contribution in [0, 0.1) is 5.82 Å². The van der Waals surface area contributed by atoms with E-state index in [-0.39, 0.29) is 15.2 Å². The molecular weight excluding hydrogens is 278 g/mol. The number of rotatable bonds is 3. The van der Waals surface area contributed by atoms with Crippen molar-refractivity contribution in [3.05, 3.63) is 27.4 Å². The van der Waals surface area contributed by atoms with Gasteiger partial charge in [0.25, 0.3) is 0 Å². The van der Waals surface area contributed by atoms with Crippen LogP contribution in [0.2, 0.25) is 5.02 Å². The fourth-order valence-electron chi connectivity index (χ4n) is 0.801. The smallest absolute Gasteiger partial charge is 0.341 e. The molecule has 0 spiro atoms. The summed E-state index contributed by atoms with van der Waals surface area (Å²) in [6.45, 7) is -0.524. The molecule has 1 N–H and O–H groups in total. The lowest BCUT2D eigenvalue weighted by Crippen LogP contribution is -2.10. The first-order chi connectivity index (χ1) is 6.50. The molecule has 0 aliphatic rings. The number of benzene rings is 1. The number of carboxylic acid groups (broad SMARTS) is 1. The molecule has 1 aromatic carbocycles. The molecule has 3 nitrogen and oxygen atoms in total. The van der Waals surface area contributed by atoms with E-state index in [2.05, 4.69) is 15.9 Å². The van der Waals surface area contributed by atoms with E-state index in [0.29, 0.717) is 0 Å². The second-order valence-corrected chi connectivity index (χ2v) is 3.64. The Labute approximate surface area is 92.6 Å². The molecule has 76 valence electrons. The molecule has 0 aliphatic heterocycles. The molecule has 1 rings (SSSR count). The van der Waals surface area contributed by atoms with Gasteiger partial charge in [-0.3, -0.25) is 0 Å². The molecule has 0 unspecified atom stereocenters. The molecule has 0 aliphatic carbocycles. The van der Waals surface area contributed by atoms with E-state index in [1.54, 1.807) is 0 Å². The zero-order valence-corrected chi connectivity index (χ0v) is 9.10. The number of aliphatic carboxylic acids is 1. The van der Waals surface area contributed by atoms with Crippen molar-refractivity contribution in [3.63, 3.8) is 0 Å². The van der Waals surface area contributed by atoms with Crippen LogP contribution in [0.4, 0.5) is 4.39 Å². The SMILES string of the molecule is O=C(O)COc1c(Cl)cc(F)cc1Br. The highest BCUT2D eigenvalue weighted by Gasteiger charge is 2.10. The maximum absolute atomic E-state index is 12.7. The Morgan fingerprint density at radius 1 is 1.64 bits per heavy atom. The van der Waals surface area contributed by atoms with Crippen molar-refractivity contribution in [2.24, 2.45) is 0 Å². The number of hydrogen-bond acceptors (Lipinski definition) is 2. The number of carbonyl (C=O) groups is 1. The molecule has 6 heteroatoms. The molecule has 0 atom stereocenters. The zero-order chi connectivity index (χ0) is 10.7. The summed E-state index contributed by atoms with van der Waals surface area (Å²) in [5.41, 5.74) is 0. The zero-order valence-electron chi connectivity index (χ0n) is 6.76. The molecule has 14 heavy (non-hydrogen) atoms. The van der Waals surface area contributed by atoms with Crippen LogP contribution in [0.1, 0.15) is 0 Å². The van der Waals surface area contributed by atoms with E-state index in [4.69, 9.17) is 21.4 Å². The largest absolute Gasteiger partial charge is 0.479 e. The van der Waals surface area contributed by atoms with Gasteiger partial charge in [0.15, 0.2) is 12.4 Å². The maximum Gasteiger partial charge on any atom is 0.341 e. The van der Waals surface area contributed by atoms with Crippen molar-refractivity contribution in [1.29, 1.82) is 0 Å². The van der Waals surface area contributed by atoms with Crippen molar-refractivity contribution in [3.8, 4) is 5.75 Å². The summed E-state index contributed by atoms with van der Waals surface area (Å²) in [7, 11) is 0. The lowest BCUT2D eigenvalue weighted by molar-refractivity contribution is -0.139. The highest BCUT2D eigenvalue weighted by molar-refractivity contribution is 9.10. The summed E-state index contributed by atoms with van der Waals surface area (Å²) in [5.74, 6) is -1.53. The third-order valence-corrected chi connectivity index (χ3v) is 2.17. The molecule has 0 heterocycles. The molecular formula is C8H5BrClFO3. The lowest BCUT2D eigenvalue weighted by Gasteiger charge is -2.07. The second kappa shape index (κ2) is 4.61. The molecule has 1 aromatic rings. The Hall–Kier alpha value is -0.810. The van der Waals surface area contributed by atoms with Crippen LogP contribution in [0.5, 0.6) is 5.75 Å². The van der Waals surface area contributed by atoms with Crippen LogP contribution in [0.15, 0.2) is 16.6 Å². The van der Waals surface area contributed by atoms with Gasteiger partial charge in [0, 0.05) is 0 Å². The fourth-order valence-corrected chi connectivity index (χ4v) is 1.72. The van der Waals surface area contributed by atoms with Crippen LogP contribution in [-0.2, 0) is 4.79 Å². The van der Waals surface area contributed by atoms with E-state index in [1.807, 2.05) is 0 Å². The minimum Gasteiger partial charge on any atom is -0.479 e. The molecule has 0 bridgehead atoms. The summed E-state index contributed by atoms with van der Waals surface area (Å²) >= 11 is 8.64. The number of carboxylic acids is 1. The number of halogens is 3. The van der Waals surface area contributed by atoms with Gasteiger partial charge in [0.2, 0.25) is 0 Å². The molecule has 0 saturated carbocycles. The van der Waals surface area contributed by atoms with Crippen molar-refractivity contribution >= 4 is 33.5 Å². The topological polar surface area (TPSA) is 46.5 Å². The van der Waals surface area contributed by atoms with Crippen molar-refractivity contribution in [2.45, 2.75) is 0 Å². The van der Waals surface area contributed by atoms with Crippen molar-refractivity contribution < 1.29 is 19.0 Å². The minimum absolute atomic E-state index is 0.0260. The molecule has 0 aromatic heterocycles. The standard InChI is InChI=1S/C8H5BrClFO3/c9-5-1-4(11)2-6(10)8(5)14-3-7(12)13/h1-2H,3H2,(H,12,13). The monoisotopic (exact) mass is 282 g/mol. The summed E-state index contributed by atoms with van der Waals surface area (Å²) in [6.07, 6.45) is 0. The van der Waals surface area contributed by atoms with Crippen LogP contribution >= 0.6 is 27.5 Å². The summed E-state index contributed by atoms with van der Waals surface area (Å²) in [4.78, 5) is 10.2. The predicted molar refractivity (Wildman–Crippen MR) is 52.2 cm³/mol. The van der Waals surface area contributed by atoms with Gasteiger partial charge >= 0.3 is 5.97 Å². The van der Waals surface area contributed by atoms with Gasteiger partial charge in [-0.2, -0.15) is 0 Å². The third kappa shape index (κ3) is 2.85. The Kier molecular flexibility index (Phi) is 3.71. The van der Waals surface area contributed by atoms with E-state index in [0.717, 1.165) is 12.1 Å². The Morgan fingerprint density at radius 3 is 2.79 bits per heavy atom. The van der Waals surface area contributed by atoms with Gasteiger partial charge < -0.3 is 9.84 Å². The van der Waals surface area contributed by atoms with Gasteiger partial charge in [0.05, 0.1) is 9.50 Å². The Bertz CT molecular complexity index is 347. The van der Waals surface area contributed by atoms with E-state index in [9.17, 15) is 9.18 Å². The van der Waals surface area contributed by atoms with E-state index in [1.165, 1.54) is 0 Å². The van der Waals surface area contributed by atoms with Crippen LogP contribution in [-0.4, -0.2) is 17.7 Å². The van der Waals surface area contributed by atoms with E-state index >= 15 is 0 Å². The first kappa shape index (κ1) is 11.3. The average molecular weight is 283 g/mol. The van der Waals surface area contributed by atoms with Crippen LogP contribution in [0.3, 0.4) is 0 Å². The number of hydrogen-bond donors (Lipinski definition) is 1. The molecule has 0 radical (unpaired) electrons. The van der Waals surface area contributed by atoms with Gasteiger partial charge in [-0.25, -0.2) is 9.18 Å². The van der Waals surface area contributed by atoms with Crippen LogP contribution in [0.25, 0.3) is 0 Å². The fraction of sp³-hybridized carbons (Fsp3) is 0.125. The highest BCUT2D eigenvalue weighted by atomic mass is 79.9. The second-order valence-electron chi connectivity index (χ2n) is 2.38. The quantitative estimate of drug-likeness (QED) is 0.928. The van der Waals surface area contributed by atoms with Crippen LogP contribution < -0.4 is 4.74 Å². The summed E-state index contributed by atoms with van der Waals surface area (Å²) < 4.78 is 17.8. The van der Waals surface area contributed by atoms with Gasteiger partial charge in [-0.15, -0.1) is 0 Å². The maximum atomic E-state index is 12.7. The van der Waals surface area contributed by atoms with Gasteiger partial charge in [-0.05, 0) is 28.1 Å². The lowest BCUT2D eigenvalue weighted by atomic mass is 10.3. The van der Waals surface area contributed by atoms with Gasteiger partial charge in [-0.1, -0.05) is 11.6 Å². The number of ether oxygens (including phenoxy) is 1. The van der Waals surface area contributed by atoms with Crippen molar-refractivity contribution in [2.75, 3.05) is 6.61 Å². The Morgan fingerprint density at radius 2 is 2.29 bits per heavy atom. The predicted octanol–water partition coefficient (Wildman–Crippen LogP) is 2.71. The van der Waals surface area contributed by atoms with Crippen molar-refractivity contribution in [1.82, 2.24) is 0 Å². The van der Waals surface area contributed by atoms with Gasteiger partial charge in [0.1, 0.15) is 5.82 Å². The summed E-state index contributed by atoms with van der Waals surface area (Å²) in [6, 6.07) is 2.19. The first-order valence-electron chi connectivity index (χ1n) is 3.50. The van der Waals surface area contributed by atoms with E-state index < -0.39 is 18.4 Å². The third-order valence-electron chi connectivity index (χ3n) is 1.30. The minimum atomic E-state index is -1.13. The molecule has 0 amide bonds. The molecule has 0 fully saturated rings. The molecule has 0 saturated heterocycles.